The fourth-order valence-corrected chi connectivity index (χ4v) is 4.18. The van der Waals surface area contributed by atoms with Crippen molar-refractivity contribution >= 4 is 11.9 Å². The second kappa shape index (κ2) is 5.65. The van der Waals surface area contributed by atoms with Crippen LogP contribution in [0.5, 0.6) is 0 Å². The lowest BCUT2D eigenvalue weighted by Crippen LogP contribution is -2.55. The largest absolute Gasteiger partial charge is 0.456 e. The van der Waals surface area contributed by atoms with Crippen LogP contribution in [-0.4, -0.2) is 58.3 Å². The average Bonchev–Trinajstić information content (AvgIpc) is 3.42. The maximum absolute atomic E-state index is 12.7. The van der Waals surface area contributed by atoms with Gasteiger partial charge in [-0.25, -0.2) is 9.59 Å². The van der Waals surface area contributed by atoms with Crippen molar-refractivity contribution in [3.8, 4) is 0 Å². The van der Waals surface area contributed by atoms with Gasteiger partial charge in [0.05, 0.1) is 17.3 Å². The number of fused-ring (bicyclic) bond motifs is 3. The van der Waals surface area contributed by atoms with E-state index in [0.29, 0.717) is 0 Å². The minimum absolute atomic E-state index is 0.105. The fourth-order valence-electron chi connectivity index (χ4n) is 4.18. The number of hydrogen-bond acceptors (Lipinski definition) is 7. The number of esters is 2. The molecule has 0 spiro atoms. The molecule has 7 nitrogen and oxygen atoms in total. The second-order valence-corrected chi connectivity index (χ2v) is 8.54. The number of hydrogen-bond donors (Lipinski definition) is 1. The van der Waals surface area contributed by atoms with Crippen molar-refractivity contribution in [3.63, 3.8) is 0 Å². The van der Waals surface area contributed by atoms with E-state index < -0.39 is 47.1 Å². The predicted octanol–water partition coefficient (Wildman–Crippen LogP) is 1.58. The molecule has 3 aliphatic heterocycles. The topological polar surface area (TPSA) is 97.9 Å². The van der Waals surface area contributed by atoms with Gasteiger partial charge in [-0.2, -0.15) is 0 Å². The number of carbonyl (C=O) groups is 2. The summed E-state index contributed by atoms with van der Waals surface area (Å²) >= 11 is 0. The van der Waals surface area contributed by atoms with Crippen molar-refractivity contribution in [2.24, 2.45) is 0 Å². The van der Waals surface area contributed by atoms with E-state index in [1.807, 2.05) is 19.9 Å². The Morgan fingerprint density at radius 1 is 1.33 bits per heavy atom. The highest BCUT2D eigenvalue weighted by Crippen LogP contribution is 2.52. The molecule has 7 heteroatoms. The van der Waals surface area contributed by atoms with Crippen LogP contribution in [0.3, 0.4) is 0 Å². The predicted molar refractivity (Wildman–Crippen MR) is 93.7 cm³/mol. The first-order chi connectivity index (χ1) is 12.5. The van der Waals surface area contributed by atoms with Crippen molar-refractivity contribution in [1.29, 1.82) is 0 Å². The van der Waals surface area contributed by atoms with E-state index in [4.69, 9.17) is 18.9 Å². The van der Waals surface area contributed by atoms with Gasteiger partial charge in [-0.15, -0.1) is 0 Å². The van der Waals surface area contributed by atoms with Gasteiger partial charge in [-0.3, -0.25) is 0 Å². The molecule has 3 saturated heterocycles. The van der Waals surface area contributed by atoms with Crippen LogP contribution in [0, 0.1) is 0 Å². The van der Waals surface area contributed by atoms with Crippen LogP contribution < -0.4 is 0 Å². The zero-order valence-electron chi connectivity index (χ0n) is 16.1. The van der Waals surface area contributed by atoms with Crippen molar-refractivity contribution in [2.45, 2.75) is 88.2 Å². The fraction of sp³-hybridized carbons (Fsp3) is 0.700. The molecule has 1 N–H and O–H groups in total. The Bertz CT molecular complexity index is 757. The van der Waals surface area contributed by atoms with Gasteiger partial charge in [0.15, 0.2) is 17.3 Å². The van der Waals surface area contributed by atoms with Gasteiger partial charge < -0.3 is 24.1 Å². The van der Waals surface area contributed by atoms with Crippen LogP contribution in [0.2, 0.25) is 0 Å². The lowest BCUT2D eigenvalue weighted by atomic mass is 9.78. The van der Waals surface area contributed by atoms with Crippen LogP contribution in [0.15, 0.2) is 23.8 Å². The van der Waals surface area contributed by atoms with E-state index in [1.54, 1.807) is 13.8 Å². The molecule has 0 saturated carbocycles. The summed E-state index contributed by atoms with van der Waals surface area (Å²) in [5, 5.41) is 11.6. The second-order valence-electron chi connectivity index (χ2n) is 8.54. The molecule has 3 fully saturated rings. The van der Waals surface area contributed by atoms with E-state index in [0.717, 1.165) is 18.4 Å². The van der Waals surface area contributed by atoms with E-state index in [9.17, 15) is 14.7 Å². The van der Waals surface area contributed by atoms with Gasteiger partial charge in [0.25, 0.3) is 0 Å². The molecule has 0 bridgehead atoms. The number of carbonyl (C=O) groups excluding carboxylic acids is 2. The molecule has 4 aliphatic rings. The van der Waals surface area contributed by atoms with Gasteiger partial charge in [0.2, 0.25) is 0 Å². The third-order valence-electron chi connectivity index (χ3n) is 6.54. The number of aliphatic hydroxyl groups is 1. The summed E-state index contributed by atoms with van der Waals surface area (Å²) < 4.78 is 22.3. The molecule has 27 heavy (non-hydrogen) atoms. The van der Waals surface area contributed by atoms with Crippen molar-refractivity contribution in [1.82, 2.24) is 0 Å². The van der Waals surface area contributed by atoms with Gasteiger partial charge in [0, 0.05) is 6.42 Å². The molecule has 0 aromatic rings. The van der Waals surface area contributed by atoms with Crippen LogP contribution in [0.4, 0.5) is 0 Å². The molecular weight excluding hydrogens is 352 g/mol. The Kier molecular flexibility index (Phi) is 3.91. The summed E-state index contributed by atoms with van der Waals surface area (Å²) in [6.07, 6.45) is 1.14. The molecule has 4 rings (SSSR count). The Morgan fingerprint density at radius 2 is 2.00 bits per heavy atom. The SMILES string of the molecule is C=C1C(=O)O[C@@H]2[C@H]3O[C@@]3(C)CC/C=C(\C)C[C@@H](OC(=O)[C@@]3(C)O[C@@H]3C)[C@@]12O. The lowest BCUT2D eigenvalue weighted by Gasteiger charge is -2.36. The number of ether oxygens (including phenoxy) is 4. The van der Waals surface area contributed by atoms with Crippen LogP contribution >= 0.6 is 0 Å². The standard InChI is InChI=1S/C20H26O7/c1-10-7-6-8-18(4)14(27-18)15-20(23,11(2)16(21)25-15)13(9-10)24-17(22)19(5)12(3)26-19/h7,12-15,23H,2,6,8-9H2,1,3-5H3/b10-7+/t12-,13-,14-,15-,18+,19+,20+/m1/s1. The van der Waals surface area contributed by atoms with Crippen LogP contribution in [0.1, 0.15) is 47.0 Å². The Hall–Kier alpha value is -1.70. The summed E-state index contributed by atoms with van der Waals surface area (Å²) in [7, 11) is 0. The molecular formula is C20H26O7. The van der Waals surface area contributed by atoms with Gasteiger partial charge >= 0.3 is 11.9 Å². The molecule has 7 atom stereocenters. The molecule has 3 heterocycles. The first-order valence-electron chi connectivity index (χ1n) is 9.37. The van der Waals surface area contributed by atoms with Crippen LogP contribution in [-0.2, 0) is 28.5 Å². The van der Waals surface area contributed by atoms with Crippen molar-refractivity contribution in [3.05, 3.63) is 23.8 Å². The van der Waals surface area contributed by atoms with Crippen LogP contribution in [0.25, 0.3) is 0 Å². The highest BCUT2D eigenvalue weighted by molar-refractivity contribution is 5.93. The number of epoxide rings is 2. The summed E-state index contributed by atoms with van der Waals surface area (Å²) in [6.45, 7) is 11.0. The first-order valence-corrected chi connectivity index (χ1v) is 9.37. The van der Waals surface area contributed by atoms with Gasteiger partial charge in [0.1, 0.15) is 12.2 Å². The number of allylic oxidation sites excluding steroid dienone is 1. The molecule has 0 aromatic heterocycles. The third kappa shape index (κ3) is 2.67. The molecule has 148 valence electrons. The smallest absolute Gasteiger partial charge is 0.341 e. The van der Waals surface area contributed by atoms with Gasteiger partial charge in [-0.05, 0) is 40.5 Å². The maximum atomic E-state index is 12.7. The quantitative estimate of drug-likeness (QED) is 0.337. The monoisotopic (exact) mass is 378 g/mol. The summed E-state index contributed by atoms with van der Waals surface area (Å²) in [5.74, 6) is -1.26. The lowest BCUT2D eigenvalue weighted by molar-refractivity contribution is -0.175. The molecule has 1 aliphatic carbocycles. The summed E-state index contributed by atoms with van der Waals surface area (Å²) in [5.41, 5.74) is -2.53. The molecule has 0 amide bonds. The third-order valence-corrected chi connectivity index (χ3v) is 6.54. The summed E-state index contributed by atoms with van der Waals surface area (Å²) in [6, 6.07) is 0. The summed E-state index contributed by atoms with van der Waals surface area (Å²) in [4.78, 5) is 24.9. The minimum Gasteiger partial charge on any atom is -0.456 e. The minimum atomic E-state index is -1.85. The zero-order chi connectivity index (χ0) is 19.8. The zero-order valence-corrected chi connectivity index (χ0v) is 16.1. The van der Waals surface area contributed by atoms with E-state index >= 15 is 0 Å². The van der Waals surface area contributed by atoms with E-state index in [-0.39, 0.29) is 18.1 Å². The van der Waals surface area contributed by atoms with Crippen molar-refractivity contribution in [2.75, 3.05) is 0 Å². The number of rotatable bonds is 2. The van der Waals surface area contributed by atoms with E-state index in [2.05, 4.69) is 6.58 Å². The van der Waals surface area contributed by atoms with Gasteiger partial charge in [-0.1, -0.05) is 18.2 Å². The Labute approximate surface area is 158 Å². The first kappa shape index (κ1) is 18.7. The normalized spacial score (nSPS) is 50.6. The molecule has 0 radical (unpaired) electrons. The highest BCUT2D eigenvalue weighted by Gasteiger charge is 2.70. The van der Waals surface area contributed by atoms with E-state index in [1.165, 1.54) is 0 Å². The maximum Gasteiger partial charge on any atom is 0.341 e. The molecule has 0 aromatic carbocycles. The molecule has 0 unspecified atom stereocenters. The Balaban J connectivity index is 1.71. The van der Waals surface area contributed by atoms with Crippen molar-refractivity contribution < 1.29 is 33.6 Å². The average molecular weight is 378 g/mol. The highest BCUT2D eigenvalue weighted by atomic mass is 16.7. The Morgan fingerprint density at radius 3 is 2.63 bits per heavy atom.